The van der Waals surface area contributed by atoms with Gasteiger partial charge in [0.2, 0.25) is 0 Å². The number of carbonyl (C=O) groups is 4. The Hall–Kier alpha value is -1.43. The van der Waals surface area contributed by atoms with Crippen LogP contribution >= 0.6 is 28.3 Å². The van der Waals surface area contributed by atoms with E-state index in [-0.39, 0.29) is 50.3 Å². The van der Waals surface area contributed by atoms with Gasteiger partial charge >= 0.3 is 23.9 Å². The average molecular weight is 736 g/mol. The summed E-state index contributed by atoms with van der Waals surface area (Å²) >= 11 is 3.43. The second-order valence-corrected chi connectivity index (χ2v) is 10.8. The molecule has 0 saturated carbocycles. The maximum Gasteiger partial charge on any atom is 0.319 e. The van der Waals surface area contributed by atoms with Gasteiger partial charge in [-0.25, -0.2) is 0 Å². The molecule has 45 heavy (non-hydrogen) atoms. The van der Waals surface area contributed by atoms with Gasteiger partial charge in [-0.2, -0.15) is 0 Å². The number of methoxy groups -OCH3 is 2. The first kappa shape index (κ1) is 53.1. The van der Waals surface area contributed by atoms with E-state index in [1.807, 2.05) is 6.92 Å². The normalized spacial score (nSPS) is 9.56. The van der Waals surface area contributed by atoms with Crippen LogP contribution in [0.3, 0.4) is 0 Å². The molecular formula is C33H68BrClN2O8. The van der Waals surface area contributed by atoms with Crippen LogP contribution in [0.1, 0.15) is 137 Å². The quantitative estimate of drug-likeness (QED) is 0.0398. The SMILES string of the molecule is C.CCOC(=O)CN.CCOC(=O)CNCCCCCCCCCCC(=O)OC.COC(=O)CCCCCCCCCCBr.Cl. The molecule has 0 aromatic carbocycles. The Balaban J connectivity index is -0.000000194. The van der Waals surface area contributed by atoms with Crippen LogP contribution in [0.2, 0.25) is 0 Å². The van der Waals surface area contributed by atoms with E-state index in [9.17, 15) is 19.2 Å². The molecule has 0 bridgehead atoms. The molecule has 0 amide bonds. The molecule has 10 nitrogen and oxygen atoms in total. The maximum atomic E-state index is 11.1. The van der Waals surface area contributed by atoms with E-state index in [0.29, 0.717) is 32.6 Å². The van der Waals surface area contributed by atoms with Crippen molar-refractivity contribution in [2.75, 3.05) is 52.4 Å². The van der Waals surface area contributed by atoms with Crippen LogP contribution in [0, 0.1) is 0 Å². The summed E-state index contributed by atoms with van der Waals surface area (Å²) in [5.74, 6) is -0.704. The molecule has 0 heterocycles. The maximum absolute atomic E-state index is 11.1. The molecule has 0 atom stereocenters. The van der Waals surface area contributed by atoms with Gasteiger partial charge in [0.15, 0.2) is 0 Å². The third kappa shape index (κ3) is 52.4. The number of carbonyl (C=O) groups excluding carboxylic acids is 4. The molecule has 0 radical (unpaired) electrons. The predicted molar refractivity (Wildman–Crippen MR) is 190 cm³/mol. The molecule has 0 unspecified atom stereocenters. The zero-order valence-electron chi connectivity index (χ0n) is 28.1. The van der Waals surface area contributed by atoms with Gasteiger partial charge in [-0.15, -0.1) is 12.4 Å². The fraction of sp³-hybridized carbons (Fsp3) is 0.879. The number of rotatable bonds is 26. The van der Waals surface area contributed by atoms with Crippen molar-refractivity contribution in [2.45, 2.75) is 137 Å². The Morgan fingerprint density at radius 3 is 1.27 bits per heavy atom. The van der Waals surface area contributed by atoms with Crippen LogP contribution in [0.15, 0.2) is 0 Å². The summed E-state index contributed by atoms with van der Waals surface area (Å²) in [6.07, 6.45) is 20.4. The van der Waals surface area contributed by atoms with Gasteiger partial charge in [0.25, 0.3) is 0 Å². The van der Waals surface area contributed by atoms with Crippen LogP contribution in [0.25, 0.3) is 0 Å². The predicted octanol–water partition coefficient (Wildman–Crippen LogP) is 7.45. The monoisotopic (exact) mass is 734 g/mol. The van der Waals surface area contributed by atoms with Gasteiger partial charge in [-0.1, -0.05) is 100 Å². The van der Waals surface area contributed by atoms with Crippen molar-refractivity contribution in [1.82, 2.24) is 5.32 Å². The fourth-order valence-electron chi connectivity index (χ4n) is 3.83. The number of esters is 4. The van der Waals surface area contributed by atoms with Crippen LogP contribution in [-0.4, -0.2) is 76.3 Å². The Morgan fingerprint density at radius 2 is 0.933 bits per heavy atom. The Labute approximate surface area is 289 Å². The minimum absolute atomic E-state index is 0. The standard InChI is InChI=1S/C16H31NO4.C12H23BrO2.C4H9NO2.CH4.ClH/c1-3-21-16(19)14-17-13-11-9-7-5-4-6-8-10-12-15(18)20-2;1-15-12(14)10-8-6-4-2-3-5-7-9-11-13;1-2-7-4(6)3-5;;/h17H,3-14H2,1-2H3;2-11H2,1H3;2-3,5H2,1H3;1H4;1H. The Morgan fingerprint density at radius 1 is 0.578 bits per heavy atom. The molecule has 0 aromatic heterocycles. The molecule has 0 rings (SSSR count). The van der Waals surface area contributed by atoms with Crippen molar-refractivity contribution in [3.05, 3.63) is 0 Å². The minimum atomic E-state index is -0.345. The average Bonchev–Trinajstić information content (AvgIpc) is 3.01. The number of halogens is 2. The van der Waals surface area contributed by atoms with Gasteiger partial charge in [0.05, 0.1) is 40.5 Å². The first-order valence-electron chi connectivity index (χ1n) is 16.2. The molecule has 0 saturated heterocycles. The van der Waals surface area contributed by atoms with Crippen LogP contribution in [0.4, 0.5) is 0 Å². The van der Waals surface area contributed by atoms with Crippen LogP contribution in [0.5, 0.6) is 0 Å². The first-order chi connectivity index (χ1) is 20.8. The van der Waals surface area contributed by atoms with Gasteiger partial charge in [-0.05, 0) is 46.1 Å². The first-order valence-corrected chi connectivity index (χ1v) is 17.4. The number of nitrogens with two attached hydrogens (primary N) is 1. The summed E-state index contributed by atoms with van der Waals surface area (Å²) in [6.45, 7) is 5.58. The number of hydrogen-bond acceptors (Lipinski definition) is 10. The summed E-state index contributed by atoms with van der Waals surface area (Å²) in [7, 11) is 2.89. The van der Waals surface area contributed by atoms with E-state index in [1.165, 1.54) is 84.8 Å². The van der Waals surface area contributed by atoms with Crippen molar-refractivity contribution < 1.29 is 38.1 Å². The second kappa shape index (κ2) is 47.0. The number of hydrogen-bond donors (Lipinski definition) is 2. The van der Waals surface area contributed by atoms with Crippen molar-refractivity contribution in [1.29, 1.82) is 0 Å². The number of alkyl halides is 1. The molecule has 0 aliphatic rings. The van der Waals surface area contributed by atoms with E-state index in [1.54, 1.807) is 6.92 Å². The lowest BCUT2D eigenvalue weighted by atomic mass is 10.1. The second-order valence-electron chi connectivity index (χ2n) is 9.99. The zero-order valence-corrected chi connectivity index (χ0v) is 30.5. The Kier molecular flexibility index (Phi) is 55.4. The molecular weight excluding hydrogens is 668 g/mol. The van der Waals surface area contributed by atoms with Crippen molar-refractivity contribution in [3.8, 4) is 0 Å². The van der Waals surface area contributed by atoms with Gasteiger partial charge in [0.1, 0.15) is 0 Å². The van der Waals surface area contributed by atoms with E-state index in [2.05, 4.69) is 35.5 Å². The highest BCUT2D eigenvalue weighted by atomic mass is 79.9. The molecule has 0 spiro atoms. The highest BCUT2D eigenvalue weighted by molar-refractivity contribution is 9.09. The summed E-state index contributed by atoms with van der Waals surface area (Å²) in [5.41, 5.74) is 4.88. The number of unbranched alkanes of at least 4 members (excludes halogenated alkanes) is 14. The van der Waals surface area contributed by atoms with E-state index < -0.39 is 0 Å². The molecule has 3 N–H and O–H groups in total. The van der Waals surface area contributed by atoms with Gasteiger partial charge < -0.3 is 30.0 Å². The molecule has 0 aromatic rings. The molecule has 0 aliphatic heterocycles. The lowest BCUT2D eigenvalue weighted by Gasteiger charge is -2.05. The van der Waals surface area contributed by atoms with Crippen molar-refractivity contribution >= 4 is 52.2 Å². The Bertz CT molecular complexity index is 646. The van der Waals surface area contributed by atoms with Crippen LogP contribution < -0.4 is 11.1 Å². The highest BCUT2D eigenvalue weighted by Crippen LogP contribution is 2.11. The molecule has 12 heteroatoms. The molecule has 272 valence electrons. The number of nitrogens with one attached hydrogen (secondary N) is 1. The number of ether oxygens (including phenoxy) is 4. The topological polar surface area (TPSA) is 143 Å². The smallest absolute Gasteiger partial charge is 0.319 e. The van der Waals surface area contributed by atoms with E-state index in [0.717, 1.165) is 44.0 Å². The highest BCUT2D eigenvalue weighted by Gasteiger charge is 2.01. The summed E-state index contributed by atoms with van der Waals surface area (Å²) in [6, 6.07) is 0. The fourth-order valence-corrected chi connectivity index (χ4v) is 4.23. The third-order valence-corrected chi connectivity index (χ3v) is 6.81. The van der Waals surface area contributed by atoms with Crippen molar-refractivity contribution in [3.63, 3.8) is 0 Å². The summed E-state index contributed by atoms with van der Waals surface area (Å²) in [5, 5.41) is 4.22. The minimum Gasteiger partial charge on any atom is -0.469 e. The van der Waals surface area contributed by atoms with Gasteiger partial charge in [-0.3, -0.25) is 19.2 Å². The van der Waals surface area contributed by atoms with E-state index >= 15 is 0 Å². The van der Waals surface area contributed by atoms with Gasteiger partial charge in [0, 0.05) is 18.2 Å². The molecule has 0 fully saturated rings. The van der Waals surface area contributed by atoms with Crippen molar-refractivity contribution in [2.24, 2.45) is 5.73 Å². The summed E-state index contributed by atoms with van der Waals surface area (Å²) in [4.78, 5) is 42.8. The lowest BCUT2D eigenvalue weighted by Crippen LogP contribution is -2.25. The largest absolute Gasteiger partial charge is 0.469 e. The molecule has 0 aliphatic carbocycles. The third-order valence-electron chi connectivity index (χ3n) is 6.25. The van der Waals surface area contributed by atoms with E-state index in [4.69, 9.17) is 10.5 Å². The lowest BCUT2D eigenvalue weighted by molar-refractivity contribution is -0.142. The zero-order chi connectivity index (χ0) is 32.8. The summed E-state index contributed by atoms with van der Waals surface area (Å²) < 4.78 is 18.4. The van der Waals surface area contributed by atoms with Crippen LogP contribution in [-0.2, 0) is 38.1 Å².